The highest BCUT2D eigenvalue weighted by Crippen LogP contribution is 2.18. The van der Waals surface area contributed by atoms with Crippen LogP contribution in [-0.4, -0.2) is 21.6 Å². The van der Waals surface area contributed by atoms with E-state index >= 15 is 0 Å². The third-order valence-electron chi connectivity index (χ3n) is 3.57. The topological polar surface area (TPSA) is 42.8 Å². The largest absolute Gasteiger partial charge is 0.481 e. The van der Waals surface area contributed by atoms with Crippen LogP contribution in [0, 0.1) is 4.77 Å². The Hall–Kier alpha value is -2.14. The molecule has 3 aromatic rings. The normalized spacial score (nSPS) is 11.0. The summed E-state index contributed by atoms with van der Waals surface area (Å²) in [5.41, 5.74) is 4.28. The van der Waals surface area contributed by atoms with E-state index in [0.717, 1.165) is 17.6 Å². The summed E-state index contributed by atoms with van der Waals surface area (Å²) >= 11 is 5.41. The molecule has 2 heterocycles. The summed E-state index contributed by atoms with van der Waals surface area (Å²) in [6.45, 7) is 2.85. The van der Waals surface area contributed by atoms with Gasteiger partial charge in [0.05, 0.1) is 19.2 Å². The Morgan fingerprint density at radius 3 is 2.52 bits per heavy atom. The number of H-pyrrole nitrogens is 1. The van der Waals surface area contributed by atoms with Crippen molar-refractivity contribution >= 4 is 23.4 Å². The standard InChI is InChI=1S/C16H17N3OS/c1-3-11-4-6-12(7-5-11)10-19-15-13(17-16(19)21)8-9-14(18-15)20-2/h4-9H,3,10H2,1-2H3,(H,17,21). The molecule has 0 aliphatic rings. The van der Waals surface area contributed by atoms with Gasteiger partial charge in [0.25, 0.3) is 0 Å². The lowest BCUT2D eigenvalue weighted by Gasteiger charge is -2.06. The van der Waals surface area contributed by atoms with Crippen LogP contribution in [0.4, 0.5) is 0 Å². The van der Waals surface area contributed by atoms with E-state index < -0.39 is 0 Å². The fraction of sp³-hybridized carbons (Fsp3) is 0.250. The van der Waals surface area contributed by atoms with Gasteiger partial charge in [-0.15, -0.1) is 0 Å². The summed E-state index contributed by atoms with van der Waals surface area (Å²) in [5, 5.41) is 0. The average Bonchev–Trinajstić information content (AvgIpc) is 2.83. The number of fused-ring (bicyclic) bond motifs is 1. The highest BCUT2D eigenvalue weighted by Gasteiger charge is 2.08. The van der Waals surface area contributed by atoms with Gasteiger partial charge in [-0.25, -0.2) is 0 Å². The number of imidazole rings is 1. The first-order valence-electron chi connectivity index (χ1n) is 6.92. The van der Waals surface area contributed by atoms with Crippen LogP contribution in [0.5, 0.6) is 5.88 Å². The quantitative estimate of drug-likeness (QED) is 0.747. The monoisotopic (exact) mass is 299 g/mol. The molecule has 1 aromatic carbocycles. The van der Waals surface area contributed by atoms with E-state index in [-0.39, 0.29) is 0 Å². The Bertz CT molecular complexity index is 818. The lowest BCUT2D eigenvalue weighted by atomic mass is 10.1. The fourth-order valence-electron chi connectivity index (χ4n) is 2.34. The molecule has 3 rings (SSSR count). The number of hydrogen-bond donors (Lipinski definition) is 1. The Kier molecular flexibility index (Phi) is 3.75. The van der Waals surface area contributed by atoms with Crippen LogP contribution in [0.15, 0.2) is 36.4 Å². The minimum atomic E-state index is 0.589. The predicted molar refractivity (Wildman–Crippen MR) is 86.4 cm³/mol. The molecule has 21 heavy (non-hydrogen) atoms. The van der Waals surface area contributed by atoms with E-state index in [1.165, 1.54) is 11.1 Å². The van der Waals surface area contributed by atoms with Crippen molar-refractivity contribution in [3.8, 4) is 5.88 Å². The summed E-state index contributed by atoms with van der Waals surface area (Å²) in [5.74, 6) is 0.589. The number of hydrogen-bond acceptors (Lipinski definition) is 3. The van der Waals surface area contributed by atoms with Crippen molar-refractivity contribution in [3.05, 3.63) is 52.3 Å². The number of aromatic amines is 1. The fourth-order valence-corrected chi connectivity index (χ4v) is 2.60. The third-order valence-corrected chi connectivity index (χ3v) is 3.90. The molecular weight excluding hydrogens is 282 g/mol. The average molecular weight is 299 g/mol. The van der Waals surface area contributed by atoms with E-state index in [4.69, 9.17) is 17.0 Å². The van der Waals surface area contributed by atoms with Crippen LogP contribution in [-0.2, 0) is 13.0 Å². The van der Waals surface area contributed by atoms with Crippen LogP contribution in [0.3, 0.4) is 0 Å². The number of ether oxygens (including phenoxy) is 1. The zero-order valence-electron chi connectivity index (χ0n) is 12.1. The molecule has 0 fully saturated rings. The summed E-state index contributed by atoms with van der Waals surface area (Å²) in [7, 11) is 1.61. The number of aromatic nitrogens is 3. The molecule has 0 radical (unpaired) electrons. The zero-order chi connectivity index (χ0) is 14.8. The van der Waals surface area contributed by atoms with Crippen LogP contribution >= 0.6 is 12.2 Å². The smallest absolute Gasteiger partial charge is 0.215 e. The second-order valence-corrected chi connectivity index (χ2v) is 5.30. The minimum Gasteiger partial charge on any atom is -0.481 e. The van der Waals surface area contributed by atoms with Gasteiger partial charge in [-0.1, -0.05) is 31.2 Å². The lowest BCUT2D eigenvalue weighted by molar-refractivity contribution is 0.399. The first-order chi connectivity index (χ1) is 10.2. The first kappa shape index (κ1) is 13.8. The molecule has 0 spiro atoms. The molecule has 1 N–H and O–H groups in total. The Morgan fingerprint density at radius 2 is 1.86 bits per heavy atom. The molecule has 0 aliphatic heterocycles. The molecular formula is C16H17N3OS. The van der Waals surface area contributed by atoms with E-state index in [2.05, 4.69) is 41.2 Å². The van der Waals surface area contributed by atoms with Gasteiger partial charge in [-0.05, 0) is 35.8 Å². The second kappa shape index (κ2) is 5.69. The molecule has 0 saturated heterocycles. The maximum Gasteiger partial charge on any atom is 0.215 e. The van der Waals surface area contributed by atoms with Crippen LogP contribution in [0.1, 0.15) is 18.1 Å². The van der Waals surface area contributed by atoms with E-state index in [1.807, 2.05) is 16.7 Å². The molecule has 0 unspecified atom stereocenters. The highest BCUT2D eigenvalue weighted by molar-refractivity contribution is 7.71. The van der Waals surface area contributed by atoms with Gasteiger partial charge in [0, 0.05) is 6.07 Å². The molecule has 5 heteroatoms. The van der Waals surface area contributed by atoms with Crippen molar-refractivity contribution < 1.29 is 4.74 Å². The van der Waals surface area contributed by atoms with Gasteiger partial charge in [0.15, 0.2) is 10.4 Å². The Labute approximate surface area is 128 Å². The zero-order valence-corrected chi connectivity index (χ0v) is 12.9. The number of nitrogens with zero attached hydrogens (tertiary/aromatic N) is 2. The molecule has 108 valence electrons. The number of benzene rings is 1. The number of aryl methyl sites for hydroxylation is 1. The molecule has 4 nitrogen and oxygen atoms in total. The maximum absolute atomic E-state index is 5.41. The molecule has 0 saturated carbocycles. The number of rotatable bonds is 4. The van der Waals surface area contributed by atoms with Crippen molar-refractivity contribution in [1.82, 2.24) is 14.5 Å². The van der Waals surface area contributed by atoms with Crippen molar-refractivity contribution in [2.45, 2.75) is 19.9 Å². The van der Waals surface area contributed by atoms with Gasteiger partial charge >= 0.3 is 0 Å². The Balaban J connectivity index is 2.02. The molecule has 0 aliphatic carbocycles. The Morgan fingerprint density at radius 1 is 1.14 bits per heavy atom. The van der Waals surface area contributed by atoms with Gasteiger partial charge in [0.1, 0.15) is 0 Å². The van der Waals surface area contributed by atoms with Gasteiger partial charge in [0.2, 0.25) is 5.88 Å². The number of nitrogens with one attached hydrogen (secondary N) is 1. The SMILES string of the molecule is CCc1ccc(Cn2c(=S)[nH]c3ccc(OC)nc32)cc1. The van der Waals surface area contributed by atoms with E-state index in [9.17, 15) is 0 Å². The van der Waals surface area contributed by atoms with E-state index in [0.29, 0.717) is 17.2 Å². The van der Waals surface area contributed by atoms with Crippen molar-refractivity contribution in [1.29, 1.82) is 0 Å². The van der Waals surface area contributed by atoms with Crippen molar-refractivity contribution in [2.24, 2.45) is 0 Å². The molecule has 2 aromatic heterocycles. The molecule has 0 atom stereocenters. The predicted octanol–water partition coefficient (Wildman–Crippen LogP) is 3.71. The van der Waals surface area contributed by atoms with Crippen LogP contribution < -0.4 is 4.74 Å². The minimum absolute atomic E-state index is 0.589. The summed E-state index contributed by atoms with van der Waals surface area (Å²) in [6.07, 6.45) is 1.05. The first-order valence-corrected chi connectivity index (χ1v) is 7.33. The summed E-state index contributed by atoms with van der Waals surface area (Å²) < 4.78 is 7.86. The highest BCUT2D eigenvalue weighted by atomic mass is 32.1. The van der Waals surface area contributed by atoms with Crippen molar-refractivity contribution in [3.63, 3.8) is 0 Å². The van der Waals surface area contributed by atoms with E-state index in [1.54, 1.807) is 7.11 Å². The lowest BCUT2D eigenvalue weighted by Crippen LogP contribution is -2.01. The van der Waals surface area contributed by atoms with Crippen LogP contribution in [0.2, 0.25) is 0 Å². The number of pyridine rings is 1. The summed E-state index contributed by atoms with van der Waals surface area (Å²) in [6, 6.07) is 12.4. The van der Waals surface area contributed by atoms with Gasteiger partial charge < -0.3 is 9.72 Å². The number of methoxy groups -OCH3 is 1. The molecule has 0 amide bonds. The second-order valence-electron chi connectivity index (χ2n) is 4.91. The van der Waals surface area contributed by atoms with Crippen molar-refractivity contribution in [2.75, 3.05) is 7.11 Å². The van der Waals surface area contributed by atoms with Gasteiger partial charge in [-0.3, -0.25) is 4.57 Å². The summed E-state index contributed by atoms with van der Waals surface area (Å²) in [4.78, 5) is 7.67. The third kappa shape index (κ3) is 2.69. The molecule has 0 bridgehead atoms. The maximum atomic E-state index is 5.41. The van der Waals surface area contributed by atoms with Crippen LogP contribution in [0.25, 0.3) is 11.2 Å². The van der Waals surface area contributed by atoms with Gasteiger partial charge in [-0.2, -0.15) is 4.98 Å².